The molecule has 0 aliphatic heterocycles. The number of aromatic nitrogens is 1. The quantitative estimate of drug-likeness (QED) is 0.561. The fourth-order valence-corrected chi connectivity index (χ4v) is 1.78. The molecule has 0 amide bonds. The SMILES string of the molecule is Cc1c[nH]c2c1CCCC2. The molecule has 1 aliphatic rings. The topological polar surface area (TPSA) is 15.8 Å². The van der Waals surface area contributed by atoms with Crippen LogP contribution in [0.4, 0.5) is 0 Å². The van der Waals surface area contributed by atoms with Crippen LogP contribution in [0.15, 0.2) is 6.20 Å². The zero-order valence-electron chi connectivity index (χ0n) is 6.41. The highest BCUT2D eigenvalue weighted by Crippen LogP contribution is 2.22. The Morgan fingerprint density at radius 3 is 2.90 bits per heavy atom. The molecule has 1 heterocycles. The molecule has 1 nitrogen and oxygen atoms in total. The minimum Gasteiger partial charge on any atom is -0.364 e. The highest BCUT2D eigenvalue weighted by atomic mass is 14.7. The molecule has 1 heteroatoms. The number of aromatic amines is 1. The summed E-state index contributed by atoms with van der Waals surface area (Å²) >= 11 is 0. The van der Waals surface area contributed by atoms with Gasteiger partial charge in [0, 0.05) is 11.9 Å². The number of rotatable bonds is 0. The molecule has 1 N–H and O–H groups in total. The molecular formula is C9H13N. The van der Waals surface area contributed by atoms with Gasteiger partial charge in [0.15, 0.2) is 0 Å². The highest BCUT2D eigenvalue weighted by molar-refractivity contribution is 5.31. The first-order chi connectivity index (χ1) is 4.88. The lowest BCUT2D eigenvalue weighted by Gasteiger charge is -2.10. The molecule has 0 saturated carbocycles. The number of aryl methyl sites for hydroxylation is 2. The van der Waals surface area contributed by atoms with Gasteiger partial charge in [-0.25, -0.2) is 0 Å². The van der Waals surface area contributed by atoms with Crippen molar-refractivity contribution in [3.8, 4) is 0 Å². The Bertz CT molecular complexity index is 235. The predicted octanol–water partition coefficient (Wildman–Crippen LogP) is 2.20. The van der Waals surface area contributed by atoms with Gasteiger partial charge in [-0.15, -0.1) is 0 Å². The van der Waals surface area contributed by atoms with Gasteiger partial charge in [-0.1, -0.05) is 0 Å². The van der Waals surface area contributed by atoms with E-state index in [1.807, 2.05) is 0 Å². The third-order valence-electron chi connectivity index (χ3n) is 2.41. The summed E-state index contributed by atoms with van der Waals surface area (Å²) < 4.78 is 0. The molecule has 54 valence electrons. The van der Waals surface area contributed by atoms with Gasteiger partial charge in [0.05, 0.1) is 0 Å². The van der Waals surface area contributed by atoms with E-state index in [1.54, 1.807) is 5.56 Å². The first kappa shape index (κ1) is 6.02. The Hall–Kier alpha value is -0.720. The Kier molecular flexibility index (Phi) is 1.30. The Morgan fingerprint density at radius 1 is 1.30 bits per heavy atom. The van der Waals surface area contributed by atoms with Gasteiger partial charge in [0.1, 0.15) is 0 Å². The van der Waals surface area contributed by atoms with Crippen LogP contribution in [0.2, 0.25) is 0 Å². The van der Waals surface area contributed by atoms with Crippen molar-refractivity contribution < 1.29 is 0 Å². The van der Waals surface area contributed by atoms with E-state index in [-0.39, 0.29) is 0 Å². The van der Waals surface area contributed by atoms with Crippen molar-refractivity contribution in [3.05, 3.63) is 23.0 Å². The van der Waals surface area contributed by atoms with Crippen LogP contribution in [0, 0.1) is 6.92 Å². The summed E-state index contributed by atoms with van der Waals surface area (Å²) in [6.07, 6.45) is 7.45. The third-order valence-corrected chi connectivity index (χ3v) is 2.41. The van der Waals surface area contributed by atoms with Crippen molar-refractivity contribution in [2.45, 2.75) is 32.6 Å². The van der Waals surface area contributed by atoms with Crippen LogP contribution in [-0.4, -0.2) is 4.98 Å². The average Bonchev–Trinajstić information content (AvgIpc) is 2.34. The van der Waals surface area contributed by atoms with Gasteiger partial charge in [-0.3, -0.25) is 0 Å². The van der Waals surface area contributed by atoms with Gasteiger partial charge in [0.2, 0.25) is 0 Å². The summed E-state index contributed by atoms with van der Waals surface area (Å²) in [6.45, 7) is 2.20. The summed E-state index contributed by atoms with van der Waals surface area (Å²) in [4.78, 5) is 3.33. The molecule has 0 atom stereocenters. The van der Waals surface area contributed by atoms with Gasteiger partial charge >= 0.3 is 0 Å². The van der Waals surface area contributed by atoms with Crippen LogP contribution in [0.1, 0.15) is 29.7 Å². The second-order valence-corrected chi connectivity index (χ2v) is 3.14. The van der Waals surface area contributed by atoms with Gasteiger partial charge in [-0.05, 0) is 43.7 Å². The average molecular weight is 135 g/mol. The molecule has 0 aromatic carbocycles. The molecule has 0 bridgehead atoms. The summed E-state index contributed by atoms with van der Waals surface area (Å²) in [5.41, 5.74) is 4.53. The zero-order valence-corrected chi connectivity index (χ0v) is 6.41. The molecule has 10 heavy (non-hydrogen) atoms. The van der Waals surface area contributed by atoms with E-state index in [4.69, 9.17) is 0 Å². The molecular weight excluding hydrogens is 122 g/mol. The maximum atomic E-state index is 3.33. The van der Waals surface area contributed by atoms with E-state index >= 15 is 0 Å². The van der Waals surface area contributed by atoms with Crippen molar-refractivity contribution in [2.24, 2.45) is 0 Å². The Morgan fingerprint density at radius 2 is 2.10 bits per heavy atom. The third kappa shape index (κ3) is 0.772. The summed E-state index contributed by atoms with van der Waals surface area (Å²) in [5.74, 6) is 0. The molecule has 0 radical (unpaired) electrons. The number of fused-ring (bicyclic) bond motifs is 1. The number of nitrogens with one attached hydrogen (secondary N) is 1. The van der Waals surface area contributed by atoms with Crippen LogP contribution in [0.25, 0.3) is 0 Å². The minimum absolute atomic E-state index is 1.27. The lowest BCUT2D eigenvalue weighted by Crippen LogP contribution is -2.00. The highest BCUT2D eigenvalue weighted by Gasteiger charge is 2.11. The van der Waals surface area contributed by atoms with Crippen molar-refractivity contribution in [3.63, 3.8) is 0 Å². The monoisotopic (exact) mass is 135 g/mol. The van der Waals surface area contributed by atoms with E-state index in [2.05, 4.69) is 18.1 Å². The number of hydrogen-bond acceptors (Lipinski definition) is 0. The van der Waals surface area contributed by atoms with Crippen LogP contribution in [0.3, 0.4) is 0 Å². The molecule has 2 rings (SSSR count). The molecule has 1 aliphatic carbocycles. The fraction of sp³-hybridized carbons (Fsp3) is 0.556. The zero-order chi connectivity index (χ0) is 6.97. The van der Waals surface area contributed by atoms with Crippen molar-refractivity contribution in [2.75, 3.05) is 0 Å². The second kappa shape index (κ2) is 2.15. The van der Waals surface area contributed by atoms with Crippen molar-refractivity contribution in [1.82, 2.24) is 4.98 Å². The summed E-state index contributed by atoms with van der Waals surface area (Å²) in [6, 6.07) is 0. The first-order valence-corrected chi connectivity index (χ1v) is 4.03. The van der Waals surface area contributed by atoms with Crippen LogP contribution >= 0.6 is 0 Å². The Balaban J connectivity index is 2.45. The van der Waals surface area contributed by atoms with Crippen molar-refractivity contribution in [1.29, 1.82) is 0 Å². The van der Waals surface area contributed by atoms with E-state index in [9.17, 15) is 0 Å². The van der Waals surface area contributed by atoms with Crippen LogP contribution in [-0.2, 0) is 12.8 Å². The molecule has 0 saturated heterocycles. The van der Waals surface area contributed by atoms with Gasteiger partial charge < -0.3 is 4.98 Å². The molecule has 1 aromatic rings. The summed E-state index contributed by atoms with van der Waals surface area (Å²) in [7, 11) is 0. The Labute approximate surface area is 61.5 Å². The van der Waals surface area contributed by atoms with Crippen LogP contribution < -0.4 is 0 Å². The van der Waals surface area contributed by atoms with E-state index in [1.165, 1.54) is 36.9 Å². The number of hydrogen-bond donors (Lipinski definition) is 1. The van der Waals surface area contributed by atoms with E-state index in [0.717, 1.165) is 0 Å². The normalized spacial score (nSPS) is 16.9. The standard InChI is InChI=1S/C9H13N/c1-7-6-10-9-5-3-2-4-8(7)9/h6,10H,2-5H2,1H3. The second-order valence-electron chi connectivity index (χ2n) is 3.14. The van der Waals surface area contributed by atoms with Crippen LogP contribution in [0.5, 0.6) is 0 Å². The fourth-order valence-electron chi connectivity index (χ4n) is 1.78. The molecule has 0 spiro atoms. The predicted molar refractivity (Wildman–Crippen MR) is 42.2 cm³/mol. The van der Waals surface area contributed by atoms with Gasteiger partial charge in [0.25, 0.3) is 0 Å². The largest absolute Gasteiger partial charge is 0.364 e. The lowest BCUT2D eigenvalue weighted by atomic mass is 9.96. The summed E-state index contributed by atoms with van der Waals surface area (Å²) in [5, 5.41) is 0. The van der Waals surface area contributed by atoms with Gasteiger partial charge in [-0.2, -0.15) is 0 Å². The first-order valence-electron chi connectivity index (χ1n) is 4.03. The van der Waals surface area contributed by atoms with E-state index < -0.39 is 0 Å². The maximum Gasteiger partial charge on any atom is 0.0182 e. The molecule has 0 unspecified atom stereocenters. The minimum atomic E-state index is 1.27. The number of H-pyrrole nitrogens is 1. The van der Waals surface area contributed by atoms with E-state index in [0.29, 0.717) is 0 Å². The smallest absolute Gasteiger partial charge is 0.0182 e. The molecule has 0 fully saturated rings. The maximum absolute atomic E-state index is 3.33. The lowest BCUT2D eigenvalue weighted by molar-refractivity contribution is 0.675. The van der Waals surface area contributed by atoms with Crippen molar-refractivity contribution >= 4 is 0 Å². The molecule has 1 aromatic heterocycles.